The van der Waals surface area contributed by atoms with Crippen molar-refractivity contribution >= 4 is 5.84 Å². The molecule has 0 saturated carbocycles. The molecule has 0 aliphatic carbocycles. The number of nitrogens with zero attached hydrogens (tertiary/aromatic N) is 1. The fourth-order valence-corrected chi connectivity index (χ4v) is 1.76. The third kappa shape index (κ3) is 2.89. The fraction of sp³-hybridized carbons (Fsp3) is 0.143. The molecule has 4 N–H and O–H groups in total. The largest absolute Gasteiger partial charge is 0.438 e. The predicted molar refractivity (Wildman–Crippen MR) is 72.4 cm³/mol. The first-order valence-electron chi connectivity index (χ1n) is 5.79. The van der Waals surface area contributed by atoms with E-state index in [1.807, 2.05) is 6.92 Å². The Hall–Kier alpha value is -2.40. The summed E-state index contributed by atoms with van der Waals surface area (Å²) in [4.78, 5) is 4.11. The second kappa shape index (κ2) is 5.49. The van der Waals surface area contributed by atoms with Gasteiger partial charge in [0.1, 0.15) is 11.6 Å². The van der Waals surface area contributed by atoms with E-state index in [0.29, 0.717) is 17.2 Å². The van der Waals surface area contributed by atoms with Gasteiger partial charge in [0.2, 0.25) is 5.88 Å². The quantitative estimate of drug-likeness (QED) is 0.576. The minimum Gasteiger partial charge on any atom is -0.438 e. The Labute approximate surface area is 111 Å². The van der Waals surface area contributed by atoms with Crippen LogP contribution in [0.5, 0.6) is 11.6 Å². The summed E-state index contributed by atoms with van der Waals surface area (Å²) in [6.07, 6.45) is 1.60. The van der Waals surface area contributed by atoms with Crippen molar-refractivity contribution in [3.8, 4) is 11.6 Å². The summed E-state index contributed by atoms with van der Waals surface area (Å²) in [6, 6.07) is 8.82. The summed E-state index contributed by atoms with van der Waals surface area (Å²) >= 11 is 0. The molecule has 0 unspecified atom stereocenters. The lowest BCUT2D eigenvalue weighted by molar-refractivity contribution is 0.281. The van der Waals surface area contributed by atoms with Gasteiger partial charge in [-0.25, -0.2) is 4.98 Å². The number of aryl methyl sites for hydroxylation is 1. The van der Waals surface area contributed by atoms with Gasteiger partial charge in [-0.05, 0) is 36.2 Å². The van der Waals surface area contributed by atoms with Crippen LogP contribution < -0.4 is 10.5 Å². The fourth-order valence-electron chi connectivity index (χ4n) is 1.76. The van der Waals surface area contributed by atoms with E-state index in [4.69, 9.17) is 21.0 Å². The number of ether oxygens (including phenoxy) is 1. The van der Waals surface area contributed by atoms with E-state index < -0.39 is 0 Å². The predicted octanol–water partition coefficient (Wildman–Crippen LogP) is 1.96. The number of hydrogen-bond acceptors (Lipinski definition) is 4. The number of nitrogens with two attached hydrogens (primary N) is 1. The van der Waals surface area contributed by atoms with Crippen LogP contribution in [0.1, 0.15) is 16.7 Å². The summed E-state index contributed by atoms with van der Waals surface area (Å²) in [5, 5.41) is 16.7. The lowest BCUT2D eigenvalue weighted by Gasteiger charge is -2.11. The maximum Gasteiger partial charge on any atom is 0.230 e. The number of aliphatic hydroxyl groups excluding tert-OH is 1. The van der Waals surface area contributed by atoms with E-state index in [1.165, 1.54) is 0 Å². The minimum absolute atomic E-state index is 0.0575. The zero-order valence-corrected chi connectivity index (χ0v) is 10.6. The molecule has 5 heteroatoms. The second-order valence-electron chi connectivity index (χ2n) is 4.13. The zero-order valence-electron chi connectivity index (χ0n) is 10.6. The van der Waals surface area contributed by atoms with Crippen LogP contribution in [0, 0.1) is 12.3 Å². The van der Waals surface area contributed by atoms with E-state index in [-0.39, 0.29) is 12.4 Å². The first kappa shape index (κ1) is 13.0. The second-order valence-corrected chi connectivity index (χ2v) is 4.13. The van der Waals surface area contributed by atoms with Crippen LogP contribution >= 0.6 is 0 Å². The molecule has 0 atom stereocenters. The lowest BCUT2D eigenvalue weighted by atomic mass is 10.1. The molecule has 1 heterocycles. The van der Waals surface area contributed by atoms with Crippen molar-refractivity contribution in [2.45, 2.75) is 13.5 Å². The Morgan fingerprint density at radius 3 is 2.89 bits per heavy atom. The topological polar surface area (TPSA) is 92.2 Å². The van der Waals surface area contributed by atoms with Crippen LogP contribution in [0.3, 0.4) is 0 Å². The van der Waals surface area contributed by atoms with Crippen molar-refractivity contribution in [3.63, 3.8) is 0 Å². The Balaban J connectivity index is 2.38. The number of rotatable bonds is 4. The molecule has 2 rings (SSSR count). The highest BCUT2D eigenvalue weighted by Crippen LogP contribution is 2.25. The van der Waals surface area contributed by atoms with Crippen molar-refractivity contribution in [2.24, 2.45) is 5.73 Å². The molecule has 0 spiro atoms. The molecule has 2 aromatic rings. The third-order valence-electron chi connectivity index (χ3n) is 2.69. The third-order valence-corrected chi connectivity index (χ3v) is 2.69. The first-order chi connectivity index (χ1) is 9.11. The van der Waals surface area contributed by atoms with Gasteiger partial charge >= 0.3 is 0 Å². The van der Waals surface area contributed by atoms with E-state index in [9.17, 15) is 0 Å². The number of amidine groups is 1. The van der Waals surface area contributed by atoms with Crippen molar-refractivity contribution in [3.05, 3.63) is 53.2 Å². The van der Waals surface area contributed by atoms with Gasteiger partial charge in [0.15, 0.2) is 0 Å². The Kier molecular flexibility index (Phi) is 3.77. The molecule has 0 aliphatic heterocycles. The summed E-state index contributed by atoms with van der Waals surface area (Å²) < 4.78 is 5.65. The van der Waals surface area contributed by atoms with Gasteiger partial charge in [-0.15, -0.1) is 0 Å². The minimum atomic E-state index is -0.0843. The number of hydrogen-bond donors (Lipinski definition) is 3. The van der Waals surface area contributed by atoms with Gasteiger partial charge in [-0.1, -0.05) is 12.1 Å². The zero-order chi connectivity index (χ0) is 13.8. The Morgan fingerprint density at radius 1 is 1.42 bits per heavy atom. The van der Waals surface area contributed by atoms with Gasteiger partial charge in [-0.2, -0.15) is 0 Å². The molecule has 1 aromatic heterocycles. The van der Waals surface area contributed by atoms with E-state index in [2.05, 4.69) is 4.98 Å². The monoisotopic (exact) mass is 257 g/mol. The summed E-state index contributed by atoms with van der Waals surface area (Å²) in [5.74, 6) is 0.758. The maximum absolute atomic E-state index is 9.09. The molecular formula is C14H15N3O2. The molecule has 98 valence electrons. The van der Waals surface area contributed by atoms with Gasteiger partial charge in [0.25, 0.3) is 0 Å². The van der Waals surface area contributed by atoms with Gasteiger partial charge < -0.3 is 15.6 Å². The summed E-state index contributed by atoms with van der Waals surface area (Å²) in [7, 11) is 0. The van der Waals surface area contributed by atoms with Gasteiger partial charge in [-0.3, -0.25) is 5.41 Å². The molecule has 0 radical (unpaired) electrons. The van der Waals surface area contributed by atoms with Crippen LogP contribution in [0.4, 0.5) is 0 Å². The van der Waals surface area contributed by atoms with Gasteiger partial charge in [0, 0.05) is 6.20 Å². The SMILES string of the molecule is Cc1ccnc(Oc2cccc(CO)c2)c1C(=N)N. The normalized spacial score (nSPS) is 10.2. The number of nitrogen functional groups attached to an aromatic ring is 1. The van der Waals surface area contributed by atoms with Crippen LogP contribution in [-0.4, -0.2) is 15.9 Å². The van der Waals surface area contributed by atoms with E-state index in [1.54, 1.807) is 36.5 Å². The maximum atomic E-state index is 9.09. The molecule has 0 bridgehead atoms. The van der Waals surface area contributed by atoms with Crippen LogP contribution in [0.15, 0.2) is 36.5 Å². The Bertz CT molecular complexity index is 611. The molecule has 0 fully saturated rings. The summed E-state index contributed by atoms with van der Waals surface area (Å²) in [6.45, 7) is 1.79. The number of pyridine rings is 1. The van der Waals surface area contributed by atoms with Crippen molar-refractivity contribution in [1.82, 2.24) is 4.98 Å². The highest BCUT2D eigenvalue weighted by atomic mass is 16.5. The van der Waals surface area contributed by atoms with Crippen molar-refractivity contribution in [1.29, 1.82) is 5.41 Å². The highest BCUT2D eigenvalue weighted by Gasteiger charge is 2.12. The highest BCUT2D eigenvalue weighted by molar-refractivity contribution is 5.98. The van der Waals surface area contributed by atoms with Crippen LogP contribution in [-0.2, 0) is 6.61 Å². The lowest BCUT2D eigenvalue weighted by Crippen LogP contribution is -2.14. The Morgan fingerprint density at radius 2 is 2.21 bits per heavy atom. The molecule has 19 heavy (non-hydrogen) atoms. The molecule has 1 aromatic carbocycles. The van der Waals surface area contributed by atoms with Crippen molar-refractivity contribution < 1.29 is 9.84 Å². The van der Waals surface area contributed by atoms with Gasteiger partial charge in [0.05, 0.1) is 12.2 Å². The number of nitrogens with one attached hydrogen (secondary N) is 1. The first-order valence-corrected chi connectivity index (χ1v) is 5.79. The van der Waals surface area contributed by atoms with E-state index in [0.717, 1.165) is 11.1 Å². The number of aromatic nitrogens is 1. The molecule has 0 amide bonds. The number of aliphatic hydroxyl groups is 1. The van der Waals surface area contributed by atoms with Crippen LogP contribution in [0.2, 0.25) is 0 Å². The molecule has 0 saturated heterocycles. The average Bonchev–Trinajstić information content (AvgIpc) is 2.38. The summed E-state index contributed by atoms with van der Waals surface area (Å²) in [5.41, 5.74) is 7.61. The molecular weight excluding hydrogens is 242 g/mol. The van der Waals surface area contributed by atoms with Crippen molar-refractivity contribution in [2.75, 3.05) is 0 Å². The van der Waals surface area contributed by atoms with E-state index >= 15 is 0 Å². The average molecular weight is 257 g/mol. The molecule has 0 aliphatic rings. The molecule has 5 nitrogen and oxygen atoms in total. The van der Waals surface area contributed by atoms with Crippen LogP contribution in [0.25, 0.3) is 0 Å². The number of benzene rings is 1. The smallest absolute Gasteiger partial charge is 0.230 e. The standard InChI is InChI=1S/C14H15N3O2/c1-9-5-6-17-14(12(9)13(15)16)19-11-4-2-3-10(7-11)8-18/h2-7,18H,8H2,1H3,(H3,15,16).